The molecule has 0 amide bonds. The van der Waals surface area contributed by atoms with Gasteiger partial charge in [-0.05, 0) is 42.7 Å². The quantitative estimate of drug-likeness (QED) is 0.383. The van der Waals surface area contributed by atoms with Gasteiger partial charge in [-0.1, -0.05) is 55.5 Å². The van der Waals surface area contributed by atoms with Gasteiger partial charge in [0.05, 0.1) is 5.69 Å². The highest BCUT2D eigenvalue weighted by Gasteiger charge is 2.32. The highest BCUT2D eigenvalue weighted by molar-refractivity contribution is 5.89. The smallest absolute Gasteiger partial charge is 0.359 e. The Morgan fingerprint density at radius 2 is 1.79 bits per heavy atom. The van der Waals surface area contributed by atoms with Crippen LogP contribution in [-0.4, -0.2) is 41.3 Å². The number of aryl methyl sites for hydroxylation is 1. The Bertz CT molecular complexity index is 1270. The summed E-state index contributed by atoms with van der Waals surface area (Å²) in [7, 11) is 0. The van der Waals surface area contributed by atoms with Crippen LogP contribution >= 0.6 is 0 Å². The van der Waals surface area contributed by atoms with Crippen LogP contribution in [0.4, 0.5) is 0 Å². The minimum absolute atomic E-state index is 0.0946. The summed E-state index contributed by atoms with van der Waals surface area (Å²) in [6.07, 6.45) is 0.650. The molecule has 0 radical (unpaired) electrons. The molecule has 176 valence electrons. The number of rotatable bonds is 8. The maximum absolute atomic E-state index is 12.9. The lowest BCUT2D eigenvalue weighted by atomic mass is 9.98. The summed E-state index contributed by atoms with van der Waals surface area (Å²) in [4.78, 5) is 17.4. The van der Waals surface area contributed by atoms with Crippen molar-refractivity contribution in [2.24, 2.45) is 0 Å². The number of tetrazole rings is 1. The first kappa shape index (κ1) is 23.3. The van der Waals surface area contributed by atoms with Crippen molar-refractivity contribution in [2.75, 3.05) is 0 Å². The lowest BCUT2D eigenvalue weighted by Gasteiger charge is -2.21. The number of aromatic nitrogens is 6. The number of ether oxygens (including phenoxy) is 1. The molecular formula is C25H28N6O3. The summed E-state index contributed by atoms with van der Waals surface area (Å²) in [5.41, 5.74) is 3.08. The summed E-state index contributed by atoms with van der Waals surface area (Å²) in [6, 6.07) is 15.6. The first-order valence-corrected chi connectivity index (χ1v) is 11.2. The Morgan fingerprint density at radius 3 is 2.38 bits per heavy atom. The van der Waals surface area contributed by atoms with E-state index in [2.05, 4.69) is 25.6 Å². The molecule has 9 nitrogen and oxygen atoms in total. The fourth-order valence-corrected chi connectivity index (χ4v) is 4.08. The monoisotopic (exact) mass is 460 g/mol. The number of H-pyrrole nitrogens is 1. The topological polar surface area (TPSA) is 119 Å². The summed E-state index contributed by atoms with van der Waals surface area (Å²) in [5.74, 6) is 0.718. The number of esters is 1. The van der Waals surface area contributed by atoms with Gasteiger partial charge in [-0.15, -0.1) is 10.2 Å². The van der Waals surface area contributed by atoms with Crippen molar-refractivity contribution < 1.29 is 14.6 Å². The molecule has 34 heavy (non-hydrogen) atoms. The highest BCUT2D eigenvalue weighted by Crippen LogP contribution is 2.30. The van der Waals surface area contributed by atoms with E-state index in [-0.39, 0.29) is 12.3 Å². The number of nitrogens with one attached hydrogen (secondary N) is 1. The Labute approximate surface area is 197 Å². The van der Waals surface area contributed by atoms with Crippen LogP contribution in [-0.2, 0) is 29.9 Å². The lowest BCUT2D eigenvalue weighted by Crippen LogP contribution is -2.25. The number of hydrogen-bond donors (Lipinski definition) is 2. The van der Waals surface area contributed by atoms with Gasteiger partial charge < -0.3 is 14.4 Å². The Kier molecular flexibility index (Phi) is 6.56. The third-order valence-electron chi connectivity index (χ3n) is 5.60. The van der Waals surface area contributed by atoms with Gasteiger partial charge >= 0.3 is 5.97 Å². The number of nitrogens with zero attached hydrogens (tertiary/aromatic N) is 5. The lowest BCUT2D eigenvalue weighted by molar-refractivity contribution is 0.0421. The zero-order valence-electron chi connectivity index (χ0n) is 19.7. The summed E-state index contributed by atoms with van der Waals surface area (Å²) < 4.78 is 7.46. The van der Waals surface area contributed by atoms with Crippen molar-refractivity contribution in [2.45, 2.75) is 52.9 Å². The van der Waals surface area contributed by atoms with Gasteiger partial charge in [0.2, 0.25) is 5.82 Å². The van der Waals surface area contributed by atoms with Crippen LogP contribution in [0.25, 0.3) is 22.5 Å². The molecule has 0 aliphatic carbocycles. The summed E-state index contributed by atoms with van der Waals surface area (Å²) in [5, 5.41) is 25.0. The van der Waals surface area contributed by atoms with Gasteiger partial charge in [0, 0.05) is 18.5 Å². The predicted octanol–water partition coefficient (Wildman–Crippen LogP) is 3.90. The molecule has 0 unspecified atom stereocenters. The van der Waals surface area contributed by atoms with E-state index in [1.165, 1.54) is 0 Å². The number of imidazole rings is 1. The van der Waals surface area contributed by atoms with E-state index in [9.17, 15) is 9.90 Å². The van der Waals surface area contributed by atoms with Gasteiger partial charge in [-0.25, -0.2) is 9.78 Å². The molecule has 2 heterocycles. The standard InChI is InChI=1S/C25H28N6O3/c1-5-20-26-21(22(25(3,4)33)31(20)6-2)24(32)34-15-16-11-13-17(14-12-16)18-9-7-8-10-19(18)23-27-29-30-28-23/h7-14,33H,5-6,15H2,1-4H3,(H,27,28,29,30). The number of carbonyl (C=O) groups is 1. The zero-order valence-corrected chi connectivity index (χ0v) is 19.7. The average Bonchev–Trinajstić information content (AvgIpc) is 3.50. The number of aromatic amines is 1. The predicted molar refractivity (Wildman–Crippen MR) is 127 cm³/mol. The molecule has 0 saturated carbocycles. The maximum atomic E-state index is 12.9. The SMILES string of the molecule is CCc1nc(C(=O)OCc2ccc(-c3ccccc3-c3nn[nH]n3)cc2)c(C(C)(C)O)n1CC. The molecule has 0 aliphatic heterocycles. The van der Waals surface area contributed by atoms with Gasteiger partial charge in [-0.3, -0.25) is 0 Å². The third-order valence-corrected chi connectivity index (χ3v) is 5.60. The first-order chi connectivity index (χ1) is 16.3. The molecule has 2 aromatic heterocycles. The second kappa shape index (κ2) is 9.56. The van der Waals surface area contributed by atoms with Crippen molar-refractivity contribution in [3.05, 3.63) is 71.3 Å². The van der Waals surface area contributed by atoms with Crippen LogP contribution in [0.15, 0.2) is 48.5 Å². The summed E-state index contributed by atoms with van der Waals surface area (Å²) in [6.45, 7) is 7.93. The van der Waals surface area contributed by atoms with E-state index in [4.69, 9.17) is 4.74 Å². The molecule has 0 atom stereocenters. The first-order valence-electron chi connectivity index (χ1n) is 11.2. The number of hydrogen-bond acceptors (Lipinski definition) is 7. The molecule has 0 fully saturated rings. The van der Waals surface area contributed by atoms with Crippen LogP contribution < -0.4 is 0 Å². The fourth-order valence-electron chi connectivity index (χ4n) is 4.08. The second-order valence-corrected chi connectivity index (χ2v) is 8.44. The molecule has 9 heteroatoms. The zero-order chi connectivity index (χ0) is 24.3. The van der Waals surface area contributed by atoms with Crippen molar-refractivity contribution >= 4 is 5.97 Å². The highest BCUT2D eigenvalue weighted by atomic mass is 16.5. The van der Waals surface area contributed by atoms with Crippen molar-refractivity contribution in [3.63, 3.8) is 0 Å². The molecule has 0 spiro atoms. The normalized spacial score (nSPS) is 11.6. The number of benzene rings is 2. The van der Waals surface area contributed by atoms with Crippen LogP contribution in [0, 0.1) is 0 Å². The molecule has 2 N–H and O–H groups in total. The van der Waals surface area contributed by atoms with Crippen LogP contribution in [0.5, 0.6) is 0 Å². The maximum Gasteiger partial charge on any atom is 0.359 e. The number of aliphatic hydroxyl groups is 1. The average molecular weight is 461 g/mol. The molecule has 0 aliphatic rings. The van der Waals surface area contributed by atoms with Crippen LogP contribution in [0.2, 0.25) is 0 Å². The van der Waals surface area contributed by atoms with Crippen molar-refractivity contribution in [1.82, 2.24) is 30.2 Å². The van der Waals surface area contributed by atoms with E-state index >= 15 is 0 Å². The van der Waals surface area contributed by atoms with Crippen molar-refractivity contribution in [1.29, 1.82) is 0 Å². The van der Waals surface area contributed by atoms with Gasteiger partial charge in [0.15, 0.2) is 5.69 Å². The Hall–Kier alpha value is -3.85. The van der Waals surface area contributed by atoms with Gasteiger partial charge in [0.25, 0.3) is 0 Å². The molecule has 0 bridgehead atoms. The van der Waals surface area contributed by atoms with E-state index in [1.54, 1.807) is 13.8 Å². The largest absolute Gasteiger partial charge is 0.456 e. The minimum atomic E-state index is -1.22. The molecule has 4 rings (SSSR count). The van der Waals surface area contributed by atoms with Gasteiger partial charge in [-0.2, -0.15) is 5.21 Å². The third kappa shape index (κ3) is 4.60. The Morgan fingerprint density at radius 1 is 1.09 bits per heavy atom. The van der Waals surface area contributed by atoms with Crippen LogP contribution in [0.3, 0.4) is 0 Å². The van der Waals surface area contributed by atoms with E-state index in [0.717, 1.165) is 28.1 Å². The van der Waals surface area contributed by atoms with E-state index in [1.807, 2.05) is 66.9 Å². The Balaban J connectivity index is 1.53. The van der Waals surface area contributed by atoms with Crippen LogP contribution in [0.1, 0.15) is 55.3 Å². The minimum Gasteiger partial charge on any atom is -0.456 e. The molecular weight excluding hydrogens is 432 g/mol. The van der Waals surface area contributed by atoms with Gasteiger partial charge in [0.1, 0.15) is 18.0 Å². The van der Waals surface area contributed by atoms with E-state index in [0.29, 0.717) is 24.5 Å². The molecule has 0 saturated heterocycles. The fraction of sp³-hybridized carbons (Fsp3) is 0.320. The molecule has 2 aromatic carbocycles. The van der Waals surface area contributed by atoms with Crippen molar-refractivity contribution in [3.8, 4) is 22.5 Å². The second-order valence-electron chi connectivity index (χ2n) is 8.44. The number of carbonyl (C=O) groups excluding carboxylic acids is 1. The summed E-state index contributed by atoms with van der Waals surface area (Å²) >= 11 is 0. The van der Waals surface area contributed by atoms with E-state index < -0.39 is 11.6 Å². The molecule has 4 aromatic rings.